The van der Waals surface area contributed by atoms with E-state index in [0.717, 1.165) is 5.69 Å². The van der Waals surface area contributed by atoms with E-state index in [1.807, 2.05) is 0 Å². The van der Waals surface area contributed by atoms with Gasteiger partial charge in [-0.3, -0.25) is 4.79 Å². The summed E-state index contributed by atoms with van der Waals surface area (Å²) in [4.78, 5) is 12.3. The van der Waals surface area contributed by atoms with Crippen molar-refractivity contribution in [3.8, 4) is 28.7 Å². The summed E-state index contributed by atoms with van der Waals surface area (Å²) in [6, 6.07) is 10.3. The molecule has 3 aromatic rings. The molecule has 0 radical (unpaired) electrons. The molecule has 2 aromatic carbocycles. The molecule has 0 aliphatic carbocycles. The Kier molecular flexibility index (Phi) is 5.50. The van der Waals surface area contributed by atoms with Crippen molar-refractivity contribution >= 4 is 5.97 Å². The second kappa shape index (κ2) is 8.17. The zero-order valence-corrected chi connectivity index (χ0v) is 15.1. The van der Waals surface area contributed by atoms with Crippen molar-refractivity contribution in [3.05, 3.63) is 48.3 Å². The zero-order chi connectivity index (χ0) is 19.2. The number of tetrazole rings is 1. The van der Waals surface area contributed by atoms with Gasteiger partial charge < -0.3 is 18.9 Å². The molecule has 1 heterocycles. The molecule has 0 atom stereocenters. The van der Waals surface area contributed by atoms with Gasteiger partial charge in [-0.05, 0) is 52.4 Å². The van der Waals surface area contributed by atoms with E-state index < -0.39 is 5.97 Å². The summed E-state index contributed by atoms with van der Waals surface area (Å²) >= 11 is 0. The molecule has 0 spiro atoms. The van der Waals surface area contributed by atoms with E-state index in [9.17, 15) is 4.79 Å². The quantitative estimate of drug-likeness (QED) is 0.459. The molecule has 3 rings (SSSR count). The van der Waals surface area contributed by atoms with Crippen molar-refractivity contribution < 1.29 is 23.7 Å². The van der Waals surface area contributed by atoms with Crippen LogP contribution < -0.4 is 18.9 Å². The molecule has 0 unspecified atom stereocenters. The second-order valence-corrected chi connectivity index (χ2v) is 5.43. The van der Waals surface area contributed by atoms with E-state index in [2.05, 4.69) is 15.5 Å². The van der Waals surface area contributed by atoms with Crippen LogP contribution in [0.15, 0.2) is 42.7 Å². The minimum absolute atomic E-state index is 0.0471. The number of aromatic nitrogens is 4. The van der Waals surface area contributed by atoms with Gasteiger partial charge in [-0.15, -0.1) is 5.10 Å². The Labute approximate surface area is 155 Å². The standard InChI is InChI=1S/C18H18N4O5/c1-24-15-8-12(9-16(25-2)18(15)26-3)10-17(23)27-14-6-4-13(5-7-14)22-11-19-20-21-22/h4-9,11H,10H2,1-3H3. The van der Waals surface area contributed by atoms with Crippen LogP contribution in [-0.2, 0) is 11.2 Å². The Morgan fingerprint density at radius 2 is 1.67 bits per heavy atom. The van der Waals surface area contributed by atoms with Crippen molar-refractivity contribution in [1.29, 1.82) is 0 Å². The summed E-state index contributed by atoms with van der Waals surface area (Å²) in [7, 11) is 4.56. The minimum Gasteiger partial charge on any atom is -0.493 e. The Bertz CT molecular complexity index is 885. The number of carbonyl (C=O) groups is 1. The minimum atomic E-state index is -0.417. The van der Waals surface area contributed by atoms with Crippen molar-refractivity contribution in [1.82, 2.24) is 20.2 Å². The molecule has 0 bridgehead atoms. The smallest absolute Gasteiger partial charge is 0.315 e. The predicted octanol–water partition coefficient (Wildman–Crippen LogP) is 1.84. The van der Waals surface area contributed by atoms with Crippen LogP contribution in [0.5, 0.6) is 23.0 Å². The highest BCUT2D eigenvalue weighted by Crippen LogP contribution is 2.38. The number of hydrogen-bond donors (Lipinski definition) is 0. The number of carbonyl (C=O) groups excluding carboxylic acids is 1. The third-order valence-corrected chi connectivity index (χ3v) is 3.75. The van der Waals surface area contributed by atoms with Crippen LogP contribution in [-0.4, -0.2) is 47.5 Å². The van der Waals surface area contributed by atoms with Crippen LogP contribution in [0.1, 0.15) is 5.56 Å². The normalized spacial score (nSPS) is 10.3. The Morgan fingerprint density at radius 1 is 1.00 bits per heavy atom. The largest absolute Gasteiger partial charge is 0.493 e. The van der Waals surface area contributed by atoms with E-state index in [-0.39, 0.29) is 6.42 Å². The van der Waals surface area contributed by atoms with Crippen LogP contribution in [0.4, 0.5) is 0 Å². The number of ether oxygens (including phenoxy) is 4. The number of hydrogen-bond acceptors (Lipinski definition) is 8. The van der Waals surface area contributed by atoms with E-state index in [0.29, 0.717) is 28.6 Å². The molecular formula is C18H18N4O5. The first kappa shape index (κ1) is 18.2. The molecule has 0 aliphatic heterocycles. The summed E-state index contributed by atoms with van der Waals surface area (Å²) in [6.45, 7) is 0. The maximum atomic E-state index is 12.3. The lowest BCUT2D eigenvalue weighted by Crippen LogP contribution is -2.11. The van der Waals surface area contributed by atoms with Crippen molar-refractivity contribution in [2.24, 2.45) is 0 Å². The van der Waals surface area contributed by atoms with E-state index >= 15 is 0 Å². The van der Waals surface area contributed by atoms with Crippen molar-refractivity contribution in [2.45, 2.75) is 6.42 Å². The van der Waals surface area contributed by atoms with E-state index in [4.69, 9.17) is 18.9 Å². The highest BCUT2D eigenvalue weighted by atomic mass is 16.5. The van der Waals surface area contributed by atoms with E-state index in [1.165, 1.54) is 32.3 Å². The fourth-order valence-corrected chi connectivity index (χ4v) is 2.52. The van der Waals surface area contributed by atoms with Crippen LogP contribution in [0.25, 0.3) is 5.69 Å². The summed E-state index contributed by atoms with van der Waals surface area (Å²) in [5, 5.41) is 10.9. The third-order valence-electron chi connectivity index (χ3n) is 3.75. The number of nitrogens with zero attached hydrogens (tertiary/aromatic N) is 4. The van der Waals surface area contributed by atoms with E-state index in [1.54, 1.807) is 36.4 Å². The maximum absolute atomic E-state index is 12.3. The van der Waals surface area contributed by atoms with Gasteiger partial charge in [-0.2, -0.15) is 0 Å². The molecule has 0 N–H and O–H groups in total. The van der Waals surface area contributed by atoms with Gasteiger partial charge in [0.05, 0.1) is 33.4 Å². The second-order valence-electron chi connectivity index (χ2n) is 5.43. The molecular weight excluding hydrogens is 352 g/mol. The van der Waals surface area contributed by atoms with Gasteiger partial charge in [0.15, 0.2) is 11.5 Å². The molecule has 0 amide bonds. The Morgan fingerprint density at radius 3 is 2.19 bits per heavy atom. The predicted molar refractivity (Wildman–Crippen MR) is 94.6 cm³/mol. The van der Waals surface area contributed by atoms with Crippen molar-refractivity contribution in [3.63, 3.8) is 0 Å². The van der Waals surface area contributed by atoms with Gasteiger partial charge in [-0.1, -0.05) is 0 Å². The molecule has 1 aromatic heterocycles. The van der Waals surface area contributed by atoms with Gasteiger partial charge >= 0.3 is 5.97 Å². The number of benzene rings is 2. The first-order chi connectivity index (χ1) is 13.1. The Balaban J connectivity index is 1.70. The lowest BCUT2D eigenvalue weighted by atomic mass is 10.1. The van der Waals surface area contributed by atoms with Gasteiger partial charge in [0.1, 0.15) is 12.1 Å². The third kappa shape index (κ3) is 4.14. The Hall–Kier alpha value is -3.62. The van der Waals surface area contributed by atoms with Crippen LogP contribution in [0.2, 0.25) is 0 Å². The SMILES string of the molecule is COc1cc(CC(=O)Oc2ccc(-n3cnnn3)cc2)cc(OC)c1OC. The van der Waals surface area contributed by atoms with Gasteiger partial charge in [0.25, 0.3) is 0 Å². The fraction of sp³-hybridized carbons (Fsp3) is 0.222. The average molecular weight is 370 g/mol. The molecule has 9 heteroatoms. The number of rotatable bonds is 7. The first-order valence-corrected chi connectivity index (χ1v) is 7.97. The summed E-state index contributed by atoms with van der Waals surface area (Å²) in [5.74, 6) is 1.43. The lowest BCUT2D eigenvalue weighted by Gasteiger charge is -2.14. The molecule has 0 saturated carbocycles. The van der Waals surface area contributed by atoms with Crippen LogP contribution in [0, 0.1) is 0 Å². The van der Waals surface area contributed by atoms with Crippen LogP contribution in [0.3, 0.4) is 0 Å². The molecule has 0 saturated heterocycles. The van der Waals surface area contributed by atoms with Gasteiger partial charge in [0, 0.05) is 0 Å². The summed E-state index contributed by atoms with van der Waals surface area (Å²) in [5.41, 5.74) is 1.43. The van der Waals surface area contributed by atoms with Crippen molar-refractivity contribution in [2.75, 3.05) is 21.3 Å². The monoisotopic (exact) mass is 370 g/mol. The first-order valence-electron chi connectivity index (χ1n) is 7.97. The fourth-order valence-electron chi connectivity index (χ4n) is 2.52. The summed E-state index contributed by atoms with van der Waals surface area (Å²) < 4.78 is 22.7. The number of esters is 1. The van der Waals surface area contributed by atoms with Gasteiger partial charge in [-0.25, -0.2) is 4.68 Å². The molecule has 0 fully saturated rings. The highest BCUT2D eigenvalue weighted by Gasteiger charge is 2.16. The molecule has 0 aliphatic rings. The maximum Gasteiger partial charge on any atom is 0.315 e. The van der Waals surface area contributed by atoms with Gasteiger partial charge in [0.2, 0.25) is 5.75 Å². The lowest BCUT2D eigenvalue weighted by molar-refractivity contribution is -0.133. The topological polar surface area (TPSA) is 97.6 Å². The molecule has 9 nitrogen and oxygen atoms in total. The molecule has 27 heavy (non-hydrogen) atoms. The van der Waals surface area contributed by atoms with Crippen LogP contribution >= 0.6 is 0 Å². The average Bonchev–Trinajstić information content (AvgIpc) is 3.22. The summed E-state index contributed by atoms with van der Waals surface area (Å²) in [6.07, 6.45) is 1.52. The molecule has 140 valence electrons. The number of methoxy groups -OCH3 is 3. The zero-order valence-electron chi connectivity index (χ0n) is 15.1. The highest BCUT2D eigenvalue weighted by molar-refractivity contribution is 5.76.